The molecule has 14 heteroatoms. The van der Waals surface area contributed by atoms with E-state index in [1.54, 1.807) is 0 Å². The first-order valence-electron chi connectivity index (χ1n) is 5.74. The Morgan fingerprint density at radius 1 is 1.21 bits per heavy atom. The molecule has 1 rings (SSSR count). The third-order valence-electron chi connectivity index (χ3n) is 2.39. The molecule has 1 aromatic carbocycles. The molecule has 0 bridgehead atoms. The monoisotopic (exact) mass is 352 g/mol. The van der Waals surface area contributed by atoms with E-state index in [4.69, 9.17) is 46.7 Å². The number of nitrogens with two attached hydrogens (primary N) is 1. The summed E-state index contributed by atoms with van der Waals surface area (Å²) in [6.07, 6.45) is 0.0900. The van der Waals surface area contributed by atoms with Gasteiger partial charge in [0.2, 0.25) is 0 Å². The lowest BCUT2D eigenvalue weighted by atomic mass is 9.93. The number of carboxylic acids is 1. The minimum absolute atomic E-state index is 0.0900. The minimum Gasteiger partial charge on any atom is -0.504 e. The van der Waals surface area contributed by atoms with Gasteiger partial charge in [-0.3, -0.25) is 10.6 Å². The Kier molecular flexibility index (Phi) is 9.87. The number of benzene rings is 1. The maximum atomic E-state index is 11.0. The molecule has 0 heterocycles. The molecule has 14 nitrogen and oxygen atoms in total. The highest BCUT2D eigenvalue weighted by atomic mass is 16.9. The summed E-state index contributed by atoms with van der Waals surface area (Å²) in [4.78, 5) is 27.7. The highest BCUT2D eigenvalue weighted by Gasteiger charge is 2.32. The molecule has 8 N–H and O–H groups in total. The van der Waals surface area contributed by atoms with E-state index in [0.717, 1.165) is 0 Å². The summed E-state index contributed by atoms with van der Waals surface area (Å²) in [6.45, 7) is 1.43. The Hall–Kier alpha value is -3.39. The van der Waals surface area contributed by atoms with Crippen LogP contribution >= 0.6 is 0 Å². The van der Waals surface area contributed by atoms with Crippen molar-refractivity contribution in [2.24, 2.45) is 5.84 Å². The van der Waals surface area contributed by atoms with Gasteiger partial charge < -0.3 is 25.7 Å². The van der Waals surface area contributed by atoms with Gasteiger partial charge in [-0.1, -0.05) is 6.07 Å². The molecule has 0 spiro atoms. The second kappa shape index (κ2) is 10.4. The van der Waals surface area contributed by atoms with E-state index in [9.17, 15) is 9.90 Å². The smallest absolute Gasteiger partial charge is 0.325 e. The van der Waals surface area contributed by atoms with Crippen LogP contribution in [0.15, 0.2) is 18.2 Å². The minimum atomic E-state index is -1.50. The SMILES string of the molecule is C[C@@](Cc1ccc(O)c(O)c1)(NN)C(=O)O.O=[N+]([O-])O.O=[N+]([O-])O. The molecule has 0 amide bonds. The fourth-order valence-corrected chi connectivity index (χ4v) is 1.28. The molecular weight excluding hydrogens is 336 g/mol. The van der Waals surface area contributed by atoms with E-state index in [0.29, 0.717) is 5.56 Å². The number of phenolic OH excluding ortho intramolecular Hbond substituents is 2. The van der Waals surface area contributed by atoms with Crippen LogP contribution in [-0.2, 0) is 11.2 Å². The molecule has 0 aliphatic rings. The van der Waals surface area contributed by atoms with Gasteiger partial charge in [0.1, 0.15) is 5.54 Å². The molecule has 1 aromatic rings. The average molecular weight is 352 g/mol. The lowest BCUT2D eigenvalue weighted by Gasteiger charge is -2.23. The lowest BCUT2D eigenvalue weighted by Crippen LogP contribution is -2.54. The second-order valence-corrected chi connectivity index (χ2v) is 4.26. The van der Waals surface area contributed by atoms with Crippen molar-refractivity contribution in [3.8, 4) is 11.5 Å². The second-order valence-electron chi connectivity index (χ2n) is 4.26. The van der Waals surface area contributed by atoms with Gasteiger partial charge in [-0.15, -0.1) is 20.2 Å². The largest absolute Gasteiger partial charge is 0.504 e. The van der Waals surface area contributed by atoms with Gasteiger partial charge in [-0.25, -0.2) is 5.43 Å². The third-order valence-corrected chi connectivity index (χ3v) is 2.39. The van der Waals surface area contributed by atoms with Gasteiger partial charge in [0.25, 0.3) is 10.2 Å². The summed E-state index contributed by atoms with van der Waals surface area (Å²) in [5.74, 6) is 3.55. The summed E-state index contributed by atoms with van der Waals surface area (Å²) < 4.78 is 0. The van der Waals surface area contributed by atoms with Crippen molar-refractivity contribution >= 4 is 5.97 Å². The van der Waals surface area contributed by atoms with Crippen LogP contribution in [-0.4, -0.2) is 47.4 Å². The molecule has 0 saturated carbocycles. The van der Waals surface area contributed by atoms with Crippen LogP contribution in [0.2, 0.25) is 0 Å². The van der Waals surface area contributed by atoms with E-state index < -0.39 is 21.7 Å². The van der Waals surface area contributed by atoms with E-state index >= 15 is 0 Å². The standard InChI is InChI=1S/C10H14N2O4.2HNO3/c1-10(12-11,9(15)16)5-6-2-3-7(13)8(14)4-6;2*2-1(3)4/h2-4,12-14H,5,11H2,1H3,(H,15,16);2*(H,2,3,4)/t10-;;/m0../s1. The Balaban J connectivity index is 0. The summed E-state index contributed by atoms with van der Waals surface area (Å²) in [5.41, 5.74) is 1.45. The molecule has 1 atom stereocenters. The number of carboxylic acid groups (broad SMARTS) is 1. The third kappa shape index (κ3) is 10.4. The number of hydrogen-bond donors (Lipinski definition) is 7. The van der Waals surface area contributed by atoms with Gasteiger partial charge in [0.05, 0.1) is 0 Å². The first-order chi connectivity index (χ1) is 10.9. The molecule has 24 heavy (non-hydrogen) atoms. The van der Waals surface area contributed by atoms with Crippen LogP contribution in [0.5, 0.6) is 11.5 Å². The van der Waals surface area contributed by atoms with Crippen molar-refractivity contribution in [2.45, 2.75) is 18.9 Å². The highest BCUT2D eigenvalue weighted by Crippen LogP contribution is 2.26. The fourth-order valence-electron chi connectivity index (χ4n) is 1.28. The van der Waals surface area contributed by atoms with Crippen LogP contribution in [0.3, 0.4) is 0 Å². The predicted octanol–water partition coefficient (Wildman–Crippen LogP) is -0.748. The van der Waals surface area contributed by atoms with Gasteiger partial charge >= 0.3 is 5.97 Å². The quantitative estimate of drug-likeness (QED) is 0.153. The number of aliphatic carboxylic acids is 1. The maximum absolute atomic E-state index is 11.0. The number of rotatable bonds is 4. The number of hydrazine groups is 1. The number of nitrogens with one attached hydrogen (secondary N) is 1. The van der Waals surface area contributed by atoms with Gasteiger partial charge in [-0.05, 0) is 24.6 Å². The summed E-state index contributed by atoms with van der Waals surface area (Å²) in [6, 6.07) is 4.12. The Morgan fingerprint density at radius 2 is 1.62 bits per heavy atom. The molecule has 0 unspecified atom stereocenters. The molecule has 0 aliphatic heterocycles. The van der Waals surface area contributed by atoms with Gasteiger partial charge in [0.15, 0.2) is 11.5 Å². The molecule has 136 valence electrons. The van der Waals surface area contributed by atoms with Crippen LogP contribution in [0.25, 0.3) is 0 Å². The maximum Gasteiger partial charge on any atom is 0.325 e. The summed E-state index contributed by atoms with van der Waals surface area (Å²) >= 11 is 0. The van der Waals surface area contributed by atoms with Crippen LogP contribution in [0.4, 0.5) is 0 Å². The Labute approximate surface area is 133 Å². The van der Waals surface area contributed by atoms with Crippen molar-refractivity contribution in [2.75, 3.05) is 0 Å². The van der Waals surface area contributed by atoms with Crippen LogP contribution in [0.1, 0.15) is 12.5 Å². The number of nitrogens with zero attached hydrogens (tertiary/aromatic N) is 2. The Morgan fingerprint density at radius 3 is 1.92 bits per heavy atom. The number of phenols is 2. The zero-order chi connectivity index (χ0) is 19.5. The highest BCUT2D eigenvalue weighted by molar-refractivity contribution is 5.78. The first-order valence-corrected chi connectivity index (χ1v) is 5.74. The van der Waals surface area contributed by atoms with Crippen molar-refractivity contribution in [3.63, 3.8) is 0 Å². The topological polar surface area (TPSA) is 243 Å². The Bertz CT molecular complexity index is 561. The van der Waals surface area contributed by atoms with E-state index in [2.05, 4.69) is 5.43 Å². The molecular formula is C10H16N4O10. The van der Waals surface area contributed by atoms with Crippen LogP contribution in [0, 0.1) is 20.2 Å². The fraction of sp³-hybridized carbons (Fsp3) is 0.300. The zero-order valence-corrected chi connectivity index (χ0v) is 12.2. The lowest BCUT2D eigenvalue weighted by molar-refractivity contribution is -0.742. The molecule has 0 radical (unpaired) electrons. The first kappa shape index (κ1) is 22.9. The van der Waals surface area contributed by atoms with Crippen molar-refractivity contribution in [1.29, 1.82) is 0 Å². The van der Waals surface area contributed by atoms with E-state index in [1.165, 1.54) is 25.1 Å². The van der Waals surface area contributed by atoms with E-state index in [1.807, 2.05) is 0 Å². The summed E-state index contributed by atoms with van der Waals surface area (Å²) in [7, 11) is 0. The zero-order valence-electron chi connectivity index (χ0n) is 12.2. The molecule has 0 saturated heterocycles. The predicted molar refractivity (Wildman–Crippen MR) is 74.4 cm³/mol. The van der Waals surface area contributed by atoms with E-state index in [-0.39, 0.29) is 17.9 Å². The molecule has 0 fully saturated rings. The van der Waals surface area contributed by atoms with Crippen LogP contribution < -0.4 is 11.3 Å². The van der Waals surface area contributed by atoms with Crippen molar-refractivity contribution in [3.05, 3.63) is 44.0 Å². The normalized spacial score (nSPS) is 11.6. The summed E-state index contributed by atoms with van der Waals surface area (Å²) in [5, 5.41) is 54.6. The van der Waals surface area contributed by atoms with Gasteiger partial charge in [-0.2, -0.15) is 0 Å². The number of hydrogen-bond acceptors (Lipinski definition) is 9. The van der Waals surface area contributed by atoms with Crippen molar-refractivity contribution < 1.29 is 40.7 Å². The number of aromatic hydroxyl groups is 2. The molecule has 0 aromatic heterocycles. The number of carbonyl (C=O) groups is 1. The van der Waals surface area contributed by atoms with Gasteiger partial charge in [0, 0.05) is 6.42 Å². The van der Waals surface area contributed by atoms with Crippen molar-refractivity contribution in [1.82, 2.24) is 5.43 Å². The average Bonchev–Trinajstić information content (AvgIpc) is 2.41. The molecule has 0 aliphatic carbocycles.